The lowest BCUT2D eigenvalue weighted by atomic mass is 10.3. The van der Waals surface area contributed by atoms with Crippen LogP contribution in [0, 0.1) is 0 Å². The summed E-state index contributed by atoms with van der Waals surface area (Å²) in [6.45, 7) is 3.25. The third kappa shape index (κ3) is 6.06. The summed E-state index contributed by atoms with van der Waals surface area (Å²) >= 11 is 0.953. The van der Waals surface area contributed by atoms with Gasteiger partial charge >= 0.3 is 6.18 Å². The Morgan fingerprint density at radius 3 is 2.75 bits per heavy atom. The van der Waals surface area contributed by atoms with E-state index in [0.29, 0.717) is 30.5 Å². The first-order valence-corrected chi connectivity index (χ1v) is 9.30. The van der Waals surface area contributed by atoms with Crippen molar-refractivity contribution in [1.29, 1.82) is 0 Å². The maximum atomic E-state index is 12.6. The average Bonchev–Trinajstić information content (AvgIpc) is 3.26. The van der Waals surface area contributed by atoms with Gasteiger partial charge in [-0.1, -0.05) is 6.07 Å². The van der Waals surface area contributed by atoms with Crippen molar-refractivity contribution >= 4 is 46.9 Å². The molecule has 28 heavy (non-hydrogen) atoms. The largest absolute Gasteiger partial charge is 0.434 e. The van der Waals surface area contributed by atoms with E-state index in [9.17, 15) is 13.2 Å². The Hall–Kier alpha value is -1.89. The molecule has 0 aromatic carbocycles. The predicted octanol–water partition coefficient (Wildman–Crippen LogP) is 3.73. The molecule has 2 N–H and O–H groups in total. The molecule has 0 spiro atoms. The van der Waals surface area contributed by atoms with Crippen LogP contribution in [0.3, 0.4) is 0 Å². The SMILES string of the molecule is CCNC(=NCc1nc(C(F)(F)F)cs1)NCCc1cn2ccccc2n1.I. The van der Waals surface area contributed by atoms with Gasteiger partial charge < -0.3 is 15.0 Å². The molecule has 0 fully saturated rings. The van der Waals surface area contributed by atoms with Crippen molar-refractivity contribution in [2.75, 3.05) is 13.1 Å². The third-order valence-corrected chi connectivity index (χ3v) is 4.48. The Balaban J connectivity index is 0.00000280. The molecule has 3 rings (SSSR count). The third-order valence-electron chi connectivity index (χ3n) is 3.65. The maximum Gasteiger partial charge on any atom is 0.434 e. The summed E-state index contributed by atoms with van der Waals surface area (Å²) in [7, 11) is 0. The molecule has 0 saturated carbocycles. The highest BCUT2D eigenvalue weighted by Crippen LogP contribution is 2.30. The zero-order valence-corrected chi connectivity index (χ0v) is 18.2. The summed E-state index contributed by atoms with van der Waals surface area (Å²) in [6, 6.07) is 5.81. The average molecular weight is 524 g/mol. The smallest absolute Gasteiger partial charge is 0.357 e. The molecule has 0 aliphatic rings. The zero-order valence-electron chi connectivity index (χ0n) is 15.0. The van der Waals surface area contributed by atoms with Crippen LogP contribution >= 0.6 is 35.3 Å². The number of pyridine rings is 1. The van der Waals surface area contributed by atoms with Crippen LogP contribution in [0.1, 0.15) is 23.3 Å². The maximum absolute atomic E-state index is 12.6. The van der Waals surface area contributed by atoms with Gasteiger partial charge in [0.25, 0.3) is 0 Å². The van der Waals surface area contributed by atoms with Crippen LogP contribution in [0.2, 0.25) is 0 Å². The lowest BCUT2D eigenvalue weighted by Gasteiger charge is -2.10. The molecule has 152 valence electrons. The molecular formula is C17H20F3IN6S. The number of halogens is 4. The fraction of sp³-hybridized carbons (Fsp3) is 0.353. The molecule has 3 aromatic heterocycles. The highest BCUT2D eigenvalue weighted by atomic mass is 127. The van der Waals surface area contributed by atoms with Crippen LogP contribution in [-0.4, -0.2) is 33.4 Å². The van der Waals surface area contributed by atoms with Gasteiger partial charge in [0.05, 0.1) is 12.2 Å². The Bertz CT molecular complexity index is 888. The van der Waals surface area contributed by atoms with Crippen LogP contribution in [-0.2, 0) is 19.1 Å². The van der Waals surface area contributed by atoms with Crippen molar-refractivity contribution in [3.05, 3.63) is 52.4 Å². The van der Waals surface area contributed by atoms with Gasteiger partial charge in [0.2, 0.25) is 0 Å². The van der Waals surface area contributed by atoms with E-state index in [-0.39, 0.29) is 30.5 Å². The number of thiazole rings is 1. The van der Waals surface area contributed by atoms with Crippen LogP contribution < -0.4 is 10.6 Å². The molecule has 3 heterocycles. The van der Waals surface area contributed by atoms with Crippen LogP contribution in [0.5, 0.6) is 0 Å². The number of guanidine groups is 1. The minimum absolute atomic E-state index is 0. The van der Waals surface area contributed by atoms with Gasteiger partial charge in [0.1, 0.15) is 10.7 Å². The molecule has 0 aliphatic carbocycles. The number of nitrogens with one attached hydrogen (secondary N) is 2. The van der Waals surface area contributed by atoms with Crippen molar-refractivity contribution in [1.82, 2.24) is 25.0 Å². The monoisotopic (exact) mass is 524 g/mol. The minimum atomic E-state index is -4.42. The summed E-state index contributed by atoms with van der Waals surface area (Å²) in [4.78, 5) is 12.4. The van der Waals surface area contributed by atoms with Gasteiger partial charge in [-0.15, -0.1) is 35.3 Å². The summed E-state index contributed by atoms with van der Waals surface area (Å²) in [6.07, 6.45) is 0.181. The highest BCUT2D eigenvalue weighted by molar-refractivity contribution is 14.0. The van der Waals surface area contributed by atoms with Crippen molar-refractivity contribution < 1.29 is 13.2 Å². The van der Waals surface area contributed by atoms with Crippen molar-refractivity contribution in [2.24, 2.45) is 4.99 Å². The van der Waals surface area contributed by atoms with E-state index in [1.807, 2.05) is 41.9 Å². The molecule has 0 atom stereocenters. The number of imidazole rings is 1. The van der Waals surface area contributed by atoms with Crippen molar-refractivity contribution in [3.63, 3.8) is 0 Å². The highest BCUT2D eigenvalue weighted by Gasteiger charge is 2.33. The summed E-state index contributed by atoms with van der Waals surface area (Å²) in [5.74, 6) is 0.532. The zero-order chi connectivity index (χ0) is 19.3. The molecule has 0 radical (unpaired) electrons. The van der Waals surface area contributed by atoms with E-state index in [1.165, 1.54) is 0 Å². The number of hydrogen-bond donors (Lipinski definition) is 2. The Morgan fingerprint density at radius 2 is 2.07 bits per heavy atom. The molecule has 6 nitrogen and oxygen atoms in total. The van der Waals surface area contributed by atoms with Crippen LogP contribution in [0.4, 0.5) is 13.2 Å². The van der Waals surface area contributed by atoms with E-state index in [0.717, 1.165) is 28.1 Å². The first-order valence-electron chi connectivity index (χ1n) is 8.42. The van der Waals surface area contributed by atoms with Crippen LogP contribution in [0.25, 0.3) is 5.65 Å². The second kappa shape index (κ2) is 10.0. The van der Waals surface area contributed by atoms with Gasteiger partial charge in [-0.05, 0) is 19.1 Å². The van der Waals surface area contributed by atoms with E-state index in [4.69, 9.17) is 0 Å². The van der Waals surface area contributed by atoms with Gasteiger partial charge in [-0.2, -0.15) is 13.2 Å². The molecule has 3 aromatic rings. The predicted molar refractivity (Wildman–Crippen MR) is 114 cm³/mol. The lowest BCUT2D eigenvalue weighted by molar-refractivity contribution is -0.140. The Labute approximate surface area is 181 Å². The van der Waals surface area contributed by atoms with E-state index >= 15 is 0 Å². The number of aliphatic imine (C=N–C) groups is 1. The minimum Gasteiger partial charge on any atom is -0.357 e. The number of aromatic nitrogens is 3. The van der Waals surface area contributed by atoms with Gasteiger partial charge in [-0.25, -0.2) is 15.0 Å². The summed E-state index contributed by atoms with van der Waals surface area (Å²) < 4.78 is 39.8. The molecule has 0 saturated heterocycles. The topological polar surface area (TPSA) is 66.6 Å². The van der Waals surface area contributed by atoms with E-state index in [2.05, 4.69) is 25.6 Å². The normalized spacial score (nSPS) is 12.1. The quantitative estimate of drug-likeness (QED) is 0.293. The second-order valence-electron chi connectivity index (χ2n) is 5.69. The second-order valence-corrected chi connectivity index (χ2v) is 6.64. The molecule has 0 unspecified atom stereocenters. The number of nitrogens with zero attached hydrogens (tertiary/aromatic N) is 4. The van der Waals surface area contributed by atoms with Crippen LogP contribution in [0.15, 0.2) is 41.0 Å². The number of rotatable bonds is 6. The molecular weight excluding hydrogens is 504 g/mol. The fourth-order valence-corrected chi connectivity index (χ4v) is 3.14. The van der Waals surface area contributed by atoms with Gasteiger partial charge in [0, 0.05) is 37.3 Å². The number of fused-ring (bicyclic) bond motifs is 1. The molecule has 11 heteroatoms. The van der Waals surface area contributed by atoms with E-state index < -0.39 is 11.9 Å². The number of alkyl halides is 3. The number of hydrogen-bond acceptors (Lipinski definition) is 4. The molecule has 0 aliphatic heterocycles. The van der Waals surface area contributed by atoms with Crippen molar-refractivity contribution in [2.45, 2.75) is 26.1 Å². The Morgan fingerprint density at radius 1 is 1.25 bits per heavy atom. The van der Waals surface area contributed by atoms with Crippen molar-refractivity contribution in [3.8, 4) is 0 Å². The first kappa shape index (κ1) is 22.4. The summed E-state index contributed by atoms with van der Waals surface area (Å²) in [5, 5.41) is 7.56. The lowest BCUT2D eigenvalue weighted by Crippen LogP contribution is -2.38. The van der Waals surface area contributed by atoms with Gasteiger partial charge in [-0.3, -0.25) is 0 Å². The summed E-state index contributed by atoms with van der Waals surface area (Å²) in [5.41, 5.74) is 0.958. The van der Waals surface area contributed by atoms with E-state index in [1.54, 1.807) is 0 Å². The fourth-order valence-electron chi connectivity index (χ4n) is 2.42. The molecule has 0 amide bonds. The Kier molecular flexibility index (Phi) is 8.04. The standard InChI is InChI=1S/C17H19F3N6S.HI/c1-2-21-16(23-9-15-25-13(11-27-15)17(18,19)20)22-7-6-12-10-26-8-4-3-5-14(26)24-12;/h3-5,8,10-11H,2,6-7,9H2,1H3,(H2,21,22,23);1H. The van der Waals surface area contributed by atoms with Gasteiger partial charge in [0.15, 0.2) is 11.7 Å². The first-order chi connectivity index (χ1) is 13.0. The molecule has 0 bridgehead atoms.